The molecule has 1 heterocycles. The van der Waals surface area contributed by atoms with Crippen molar-refractivity contribution in [3.63, 3.8) is 0 Å². The summed E-state index contributed by atoms with van der Waals surface area (Å²) in [5.74, 6) is -1.45. The smallest absolute Gasteiger partial charge is 0.416 e. The third-order valence-electron chi connectivity index (χ3n) is 2.98. The third kappa shape index (κ3) is 3.36. The first-order valence-corrected chi connectivity index (χ1v) is 6.00. The second kappa shape index (κ2) is 5.51. The van der Waals surface area contributed by atoms with E-state index in [2.05, 4.69) is 5.32 Å². The Morgan fingerprint density at radius 1 is 1.33 bits per heavy atom. The van der Waals surface area contributed by atoms with Gasteiger partial charge in [0.05, 0.1) is 11.8 Å². The first-order valence-electron chi connectivity index (χ1n) is 6.00. The second-order valence-corrected chi connectivity index (χ2v) is 4.46. The maximum absolute atomic E-state index is 12.7. The summed E-state index contributed by atoms with van der Waals surface area (Å²) in [5, 5.41) is 11.7. The van der Waals surface area contributed by atoms with Crippen LogP contribution in [0.5, 0.6) is 0 Å². The first kappa shape index (κ1) is 15.0. The number of halogens is 3. The number of rotatable bonds is 4. The fourth-order valence-electron chi connectivity index (χ4n) is 1.84. The van der Waals surface area contributed by atoms with E-state index in [-0.39, 0.29) is 12.3 Å². The summed E-state index contributed by atoms with van der Waals surface area (Å²) in [6.45, 7) is 1.72. The highest BCUT2D eigenvalue weighted by Gasteiger charge is 2.30. The molecule has 7 heteroatoms. The largest absolute Gasteiger partial charge is 0.475 e. The van der Waals surface area contributed by atoms with Gasteiger partial charge in [0.2, 0.25) is 5.76 Å². The zero-order valence-electron chi connectivity index (χ0n) is 11.0. The van der Waals surface area contributed by atoms with Gasteiger partial charge in [-0.25, -0.2) is 4.79 Å². The van der Waals surface area contributed by atoms with Crippen LogP contribution in [-0.4, -0.2) is 11.1 Å². The molecule has 0 saturated carbocycles. The van der Waals surface area contributed by atoms with E-state index < -0.39 is 17.7 Å². The molecule has 1 aromatic heterocycles. The Bertz CT molecular complexity index is 662. The van der Waals surface area contributed by atoms with Crippen molar-refractivity contribution in [2.75, 3.05) is 5.32 Å². The van der Waals surface area contributed by atoms with E-state index in [9.17, 15) is 18.0 Å². The van der Waals surface area contributed by atoms with Crippen LogP contribution in [0.3, 0.4) is 0 Å². The van der Waals surface area contributed by atoms with E-state index in [4.69, 9.17) is 9.52 Å². The average Bonchev–Trinajstić information content (AvgIpc) is 2.85. The summed E-state index contributed by atoms with van der Waals surface area (Å²) in [4.78, 5) is 10.9. The molecule has 0 aliphatic heterocycles. The maximum Gasteiger partial charge on any atom is 0.416 e. The number of carboxylic acids is 1. The first-order chi connectivity index (χ1) is 9.79. The predicted molar refractivity (Wildman–Crippen MR) is 69.2 cm³/mol. The number of hydrogen-bond acceptors (Lipinski definition) is 3. The molecule has 0 radical (unpaired) electrons. The van der Waals surface area contributed by atoms with Crippen molar-refractivity contribution in [1.82, 2.24) is 0 Å². The number of anilines is 1. The number of alkyl halides is 3. The van der Waals surface area contributed by atoms with Crippen molar-refractivity contribution < 1.29 is 27.5 Å². The fourth-order valence-corrected chi connectivity index (χ4v) is 1.84. The van der Waals surface area contributed by atoms with Crippen LogP contribution >= 0.6 is 0 Å². The van der Waals surface area contributed by atoms with Gasteiger partial charge >= 0.3 is 12.1 Å². The lowest BCUT2D eigenvalue weighted by Crippen LogP contribution is -2.08. The summed E-state index contributed by atoms with van der Waals surface area (Å²) < 4.78 is 42.8. The van der Waals surface area contributed by atoms with E-state index in [0.717, 1.165) is 12.1 Å². The Morgan fingerprint density at radius 3 is 2.67 bits per heavy atom. The summed E-state index contributed by atoms with van der Waals surface area (Å²) >= 11 is 0. The van der Waals surface area contributed by atoms with Crippen molar-refractivity contribution in [2.24, 2.45) is 0 Å². The molecular formula is C14H12F3NO3. The van der Waals surface area contributed by atoms with E-state index in [1.807, 2.05) is 0 Å². The van der Waals surface area contributed by atoms with Crippen molar-refractivity contribution >= 4 is 11.7 Å². The molecule has 1 aromatic carbocycles. The van der Waals surface area contributed by atoms with E-state index >= 15 is 0 Å². The minimum atomic E-state index is -4.42. The van der Waals surface area contributed by atoms with Crippen LogP contribution in [0.15, 0.2) is 34.9 Å². The molecule has 0 fully saturated rings. The van der Waals surface area contributed by atoms with Crippen LogP contribution in [0.4, 0.5) is 18.9 Å². The Kier molecular flexibility index (Phi) is 3.93. The Morgan fingerprint density at radius 2 is 2.05 bits per heavy atom. The molecular weight excluding hydrogens is 287 g/mol. The van der Waals surface area contributed by atoms with Crippen LogP contribution in [-0.2, 0) is 12.7 Å². The van der Waals surface area contributed by atoms with E-state index in [1.54, 1.807) is 6.92 Å². The predicted octanol–water partition coefficient (Wildman–Crippen LogP) is 3.92. The van der Waals surface area contributed by atoms with Gasteiger partial charge in [0.25, 0.3) is 0 Å². The summed E-state index contributed by atoms with van der Waals surface area (Å²) in [7, 11) is 0. The topological polar surface area (TPSA) is 62.5 Å². The number of furan rings is 1. The quantitative estimate of drug-likeness (QED) is 0.898. The van der Waals surface area contributed by atoms with Crippen LogP contribution in [0.2, 0.25) is 0 Å². The minimum Gasteiger partial charge on any atom is -0.475 e. The van der Waals surface area contributed by atoms with Crippen LogP contribution < -0.4 is 5.32 Å². The van der Waals surface area contributed by atoms with Gasteiger partial charge < -0.3 is 14.8 Å². The molecule has 21 heavy (non-hydrogen) atoms. The van der Waals surface area contributed by atoms with Crippen molar-refractivity contribution in [1.29, 1.82) is 0 Å². The standard InChI is InChI=1S/C14H12F3NO3/c1-8-2-3-10(14(15,16)17)6-11(8)18-7-9-4-5-21-12(9)13(19)20/h2-6,18H,7H2,1H3,(H,19,20). The number of carbonyl (C=O) groups is 1. The van der Waals surface area contributed by atoms with E-state index in [0.29, 0.717) is 16.8 Å². The summed E-state index contributed by atoms with van der Waals surface area (Å²) in [6.07, 6.45) is -3.20. The van der Waals surface area contributed by atoms with Gasteiger partial charge in [0.15, 0.2) is 0 Å². The molecule has 0 aliphatic carbocycles. The number of nitrogens with one attached hydrogen (secondary N) is 1. The van der Waals surface area contributed by atoms with Crippen molar-refractivity contribution in [2.45, 2.75) is 19.6 Å². The maximum atomic E-state index is 12.7. The molecule has 2 aromatic rings. The molecule has 0 spiro atoms. The van der Waals surface area contributed by atoms with Crippen LogP contribution in [0.25, 0.3) is 0 Å². The number of aromatic carboxylic acids is 1. The van der Waals surface area contributed by atoms with Gasteiger partial charge in [-0.3, -0.25) is 0 Å². The molecule has 0 saturated heterocycles. The molecule has 0 bridgehead atoms. The number of hydrogen-bond donors (Lipinski definition) is 2. The molecule has 112 valence electrons. The molecule has 0 amide bonds. The molecule has 0 atom stereocenters. The normalized spacial score (nSPS) is 11.4. The van der Waals surface area contributed by atoms with Gasteiger partial charge in [-0.15, -0.1) is 0 Å². The Balaban J connectivity index is 2.20. The number of aryl methyl sites for hydroxylation is 1. The highest BCUT2D eigenvalue weighted by molar-refractivity contribution is 5.86. The highest BCUT2D eigenvalue weighted by atomic mass is 19.4. The lowest BCUT2D eigenvalue weighted by Gasteiger charge is -2.13. The SMILES string of the molecule is Cc1ccc(C(F)(F)F)cc1NCc1ccoc1C(=O)O. The molecule has 0 aliphatic rings. The van der Waals surface area contributed by atoms with Gasteiger partial charge in [0.1, 0.15) is 0 Å². The Hall–Kier alpha value is -2.44. The molecule has 0 unspecified atom stereocenters. The monoisotopic (exact) mass is 299 g/mol. The average molecular weight is 299 g/mol. The summed E-state index contributed by atoms with van der Waals surface area (Å²) in [6, 6.07) is 4.81. The van der Waals surface area contributed by atoms with Crippen LogP contribution in [0.1, 0.15) is 27.2 Å². The zero-order valence-corrected chi connectivity index (χ0v) is 11.0. The van der Waals surface area contributed by atoms with Crippen LogP contribution in [0, 0.1) is 6.92 Å². The molecule has 2 N–H and O–H groups in total. The van der Waals surface area contributed by atoms with Gasteiger partial charge in [-0.2, -0.15) is 13.2 Å². The summed E-state index contributed by atoms with van der Waals surface area (Å²) in [5.41, 5.74) is 0.520. The van der Waals surface area contributed by atoms with E-state index in [1.165, 1.54) is 18.4 Å². The fraction of sp³-hybridized carbons (Fsp3) is 0.214. The highest BCUT2D eigenvalue weighted by Crippen LogP contribution is 2.32. The lowest BCUT2D eigenvalue weighted by molar-refractivity contribution is -0.137. The second-order valence-electron chi connectivity index (χ2n) is 4.46. The molecule has 2 rings (SSSR count). The van der Waals surface area contributed by atoms with Crippen molar-refractivity contribution in [3.05, 3.63) is 53.0 Å². The minimum absolute atomic E-state index is 0.0558. The van der Waals surface area contributed by atoms with Gasteiger partial charge in [-0.1, -0.05) is 6.07 Å². The van der Waals surface area contributed by atoms with Crippen molar-refractivity contribution in [3.8, 4) is 0 Å². The van der Waals surface area contributed by atoms with Gasteiger partial charge in [0, 0.05) is 17.8 Å². The Labute approximate surface area is 118 Å². The zero-order chi connectivity index (χ0) is 15.6. The van der Waals surface area contributed by atoms with Gasteiger partial charge in [-0.05, 0) is 30.7 Å². The molecule has 4 nitrogen and oxygen atoms in total. The third-order valence-corrected chi connectivity index (χ3v) is 2.98. The number of benzene rings is 1. The number of carboxylic acid groups (broad SMARTS) is 1. The lowest BCUT2D eigenvalue weighted by atomic mass is 10.1.